The Morgan fingerprint density at radius 1 is 1.50 bits per heavy atom. The zero-order valence-electron chi connectivity index (χ0n) is 6.95. The van der Waals surface area contributed by atoms with E-state index in [1.807, 2.05) is 0 Å². The van der Waals surface area contributed by atoms with Gasteiger partial charge in [0.15, 0.2) is 0 Å². The second kappa shape index (κ2) is 3.15. The lowest BCUT2D eigenvalue weighted by Gasteiger charge is -2.00. The third kappa shape index (κ3) is 1.32. The smallest absolute Gasteiger partial charge is 0.337 e. The summed E-state index contributed by atoms with van der Waals surface area (Å²) in [6.07, 6.45) is 0. The molecule has 3 nitrogen and oxygen atoms in total. The first-order chi connectivity index (χ1) is 6.59. The number of fused-ring (bicyclic) bond motifs is 1. The lowest BCUT2D eigenvalue weighted by molar-refractivity contribution is 0.0698. The second-order valence-electron chi connectivity index (χ2n) is 2.82. The largest absolute Gasteiger partial charge is 0.478 e. The van der Waals surface area contributed by atoms with Crippen molar-refractivity contribution in [1.29, 1.82) is 0 Å². The number of rotatable bonds is 1. The van der Waals surface area contributed by atoms with Gasteiger partial charge in [0.2, 0.25) is 0 Å². The first-order valence-corrected chi connectivity index (χ1v) is 5.05. The van der Waals surface area contributed by atoms with Crippen LogP contribution in [0.1, 0.15) is 10.4 Å². The maximum atomic E-state index is 10.8. The van der Waals surface area contributed by atoms with E-state index in [-0.39, 0.29) is 11.3 Å². The number of hydrogen-bond acceptors (Lipinski definition) is 3. The van der Waals surface area contributed by atoms with Gasteiger partial charge < -0.3 is 10.8 Å². The molecule has 2 aromatic rings. The average Bonchev–Trinajstić information content (AvgIpc) is 2.46. The van der Waals surface area contributed by atoms with Gasteiger partial charge in [0, 0.05) is 21.2 Å². The number of hydrogen-bond donors (Lipinski definition) is 2. The van der Waals surface area contributed by atoms with Crippen molar-refractivity contribution in [2.45, 2.75) is 0 Å². The molecule has 14 heavy (non-hydrogen) atoms. The molecule has 0 aliphatic carbocycles. The van der Waals surface area contributed by atoms with E-state index in [0.29, 0.717) is 5.02 Å². The summed E-state index contributed by atoms with van der Waals surface area (Å²) in [6, 6.07) is 3.14. The number of nitrogen functional groups attached to an aromatic ring is 1. The molecule has 0 bridgehead atoms. The Morgan fingerprint density at radius 3 is 2.86 bits per heavy atom. The van der Waals surface area contributed by atoms with Gasteiger partial charge in [-0.15, -0.1) is 11.3 Å². The average molecular weight is 228 g/mol. The Balaban J connectivity index is 2.79. The van der Waals surface area contributed by atoms with Crippen molar-refractivity contribution in [2.24, 2.45) is 0 Å². The monoisotopic (exact) mass is 227 g/mol. The highest BCUT2D eigenvalue weighted by Crippen LogP contribution is 2.33. The van der Waals surface area contributed by atoms with E-state index in [4.69, 9.17) is 22.4 Å². The molecule has 0 aliphatic heterocycles. The van der Waals surface area contributed by atoms with Gasteiger partial charge in [-0.3, -0.25) is 0 Å². The molecule has 0 amide bonds. The number of carbonyl (C=O) groups is 1. The Morgan fingerprint density at radius 2 is 2.21 bits per heavy atom. The fraction of sp³-hybridized carbons (Fsp3) is 0. The van der Waals surface area contributed by atoms with Gasteiger partial charge in [-0.1, -0.05) is 11.6 Å². The van der Waals surface area contributed by atoms with Crippen LogP contribution in [0.25, 0.3) is 10.1 Å². The van der Waals surface area contributed by atoms with E-state index < -0.39 is 5.97 Å². The quantitative estimate of drug-likeness (QED) is 0.737. The maximum Gasteiger partial charge on any atom is 0.337 e. The van der Waals surface area contributed by atoms with Gasteiger partial charge in [-0.2, -0.15) is 0 Å². The predicted molar refractivity (Wildman–Crippen MR) is 58.2 cm³/mol. The van der Waals surface area contributed by atoms with Crippen molar-refractivity contribution in [3.05, 3.63) is 28.1 Å². The maximum absolute atomic E-state index is 10.8. The molecule has 0 fully saturated rings. The number of carboxylic acid groups (broad SMARTS) is 1. The van der Waals surface area contributed by atoms with E-state index >= 15 is 0 Å². The van der Waals surface area contributed by atoms with E-state index in [1.54, 1.807) is 17.5 Å². The van der Waals surface area contributed by atoms with Crippen LogP contribution in [0.2, 0.25) is 5.02 Å². The molecule has 1 aromatic heterocycles. The molecule has 0 saturated carbocycles. The number of halogens is 1. The molecule has 1 heterocycles. The van der Waals surface area contributed by atoms with Gasteiger partial charge >= 0.3 is 5.97 Å². The van der Waals surface area contributed by atoms with Gasteiger partial charge in [-0.25, -0.2) is 4.79 Å². The van der Waals surface area contributed by atoms with Gasteiger partial charge in [0.05, 0.1) is 10.6 Å². The van der Waals surface area contributed by atoms with E-state index in [0.717, 1.165) is 10.1 Å². The van der Waals surface area contributed by atoms with Crippen LogP contribution in [0, 0.1) is 0 Å². The number of benzene rings is 1. The Kier molecular flexibility index (Phi) is 2.09. The number of aromatic carboxylic acids is 1. The zero-order valence-corrected chi connectivity index (χ0v) is 8.52. The van der Waals surface area contributed by atoms with E-state index in [9.17, 15) is 4.79 Å². The van der Waals surface area contributed by atoms with E-state index in [1.165, 1.54) is 11.3 Å². The highest BCUT2D eigenvalue weighted by atomic mass is 35.5. The number of anilines is 1. The van der Waals surface area contributed by atoms with Crippen LogP contribution in [0.15, 0.2) is 17.5 Å². The van der Waals surface area contributed by atoms with Crippen LogP contribution >= 0.6 is 22.9 Å². The normalized spacial score (nSPS) is 10.6. The third-order valence-corrected chi connectivity index (χ3v) is 3.32. The molecule has 0 saturated heterocycles. The topological polar surface area (TPSA) is 63.3 Å². The highest BCUT2D eigenvalue weighted by molar-refractivity contribution is 7.17. The molecule has 0 unspecified atom stereocenters. The van der Waals surface area contributed by atoms with Gasteiger partial charge in [0.25, 0.3) is 0 Å². The van der Waals surface area contributed by atoms with Crippen LogP contribution in [0.5, 0.6) is 0 Å². The van der Waals surface area contributed by atoms with Crippen molar-refractivity contribution in [1.82, 2.24) is 0 Å². The minimum atomic E-state index is -1.02. The molecule has 2 rings (SSSR count). The molecular weight excluding hydrogens is 222 g/mol. The molecule has 72 valence electrons. The molecule has 0 radical (unpaired) electrons. The predicted octanol–water partition coefficient (Wildman–Crippen LogP) is 2.84. The molecule has 3 N–H and O–H groups in total. The number of thiophene rings is 1. The SMILES string of the molecule is Nc1cc2c(Cl)csc2cc1C(=O)O. The van der Waals surface area contributed by atoms with Crippen molar-refractivity contribution in [3.8, 4) is 0 Å². The lowest BCUT2D eigenvalue weighted by Crippen LogP contribution is -2.01. The second-order valence-corrected chi connectivity index (χ2v) is 4.14. The summed E-state index contributed by atoms with van der Waals surface area (Å²) >= 11 is 7.29. The standard InChI is InChI=1S/C9H6ClNO2S/c10-6-3-14-8-2-5(9(12)13)7(11)1-4(6)8/h1-3H,11H2,(H,12,13). The molecular formula is C9H6ClNO2S. The summed E-state index contributed by atoms with van der Waals surface area (Å²) < 4.78 is 0.835. The van der Waals surface area contributed by atoms with Crippen molar-refractivity contribution < 1.29 is 9.90 Å². The molecule has 1 aromatic carbocycles. The zero-order chi connectivity index (χ0) is 10.3. The Bertz CT molecular complexity index is 521. The van der Waals surface area contributed by atoms with Gasteiger partial charge in [0.1, 0.15) is 0 Å². The van der Waals surface area contributed by atoms with Crippen molar-refractivity contribution in [2.75, 3.05) is 5.73 Å². The van der Waals surface area contributed by atoms with Gasteiger partial charge in [-0.05, 0) is 12.1 Å². The van der Waals surface area contributed by atoms with E-state index in [2.05, 4.69) is 0 Å². The van der Waals surface area contributed by atoms with Crippen LogP contribution in [-0.4, -0.2) is 11.1 Å². The fourth-order valence-electron chi connectivity index (χ4n) is 1.24. The van der Waals surface area contributed by atoms with Crippen LogP contribution in [-0.2, 0) is 0 Å². The summed E-state index contributed by atoms with van der Waals surface area (Å²) in [5.74, 6) is -1.02. The lowest BCUT2D eigenvalue weighted by atomic mass is 10.1. The molecule has 0 spiro atoms. The number of carboxylic acids is 1. The van der Waals surface area contributed by atoms with Crippen molar-refractivity contribution in [3.63, 3.8) is 0 Å². The fourth-order valence-corrected chi connectivity index (χ4v) is 2.43. The highest BCUT2D eigenvalue weighted by Gasteiger charge is 2.11. The Hall–Kier alpha value is -1.26. The first kappa shape index (κ1) is 9.30. The van der Waals surface area contributed by atoms with Crippen molar-refractivity contribution >= 4 is 44.7 Å². The Labute approximate surface area is 88.7 Å². The first-order valence-electron chi connectivity index (χ1n) is 3.79. The number of nitrogens with two attached hydrogens (primary N) is 1. The minimum absolute atomic E-state index is 0.121. The molecule has 0 aliphatic rings. The third-order valence-electron chi connectivity index (χ3n) is 1.93. The summed E-state index contributed by atoms with van der Waals surface area (Å²) in [6.45, 7) is 0. The van der Waals surface area contributed by atoms with Crippen LogP contribution in [0.3, 0.4) is 0 Å². The summed E-state index contributed by atoms with van der Waals surface area (Å²) in [5.41, 5.74) is 5.94. The summed E-state index contributed by atoms with van der Waals surface area (Å²) in [4.78, 5) is 10.8. The minimum Gasteiger partial charge on any atom is -0.478 e. The summed E-state index contributed by atoms with van der Waals surface area (Å²) in [7, 11) is 0. The molecule has 5 heteroatoms. The van der Waals surface area contributed by atoms with Crippen LogP contribution in [0.4, 0.5) is 5.69 Å². The summed E-state index contributed by atoms with van der Waals surface area (Å²) in [5, 5.41) is 12.0. The van der Waals surface area contributed by atoms with Crippen LogP contribution < -0.4 is 5.73 Å². The molecule has 0 atom stereocenters.